The van der Waals surface area contributed by atoms with E-state index in [1.807, 2.05) is 18.2 Å². The number of carbonyl (C=O) groups is 1. The van der Waals surface area contributed by atoms with Gasteiger partial charge in [-0.25, -0.2) is 0 Å². The zero-order valence-electron chi connectivity index (χ0n) is 15.4. The number of hydrogen-bond donors (Lipinski definition) is 1. The van der Waals surface area contributed by atoms with Crippen LogP contribution < -0.4 is 10.1 Å². The number of furan rings is 1. The summed E-state index contributed by atoms with van der Waals surface area (Å²) in [6.45, 7) is 1.21. The molecule has 1 aromatic carbocycles. The van der Waals surface area contributed by atoms with Gasteiger partial charge in [-0.1, -0.05) is 12.1 Å². The Kier molecular flexibility index (Phi) is 3.92. The van der Waals surface area contributed by atoms with Crippen LogP contribution in [0.1, 0.15) is 59.5 Å². The molecule has 0 spiro atoms. The average molecular weight is 365 g/mol. The molecule has 1 N–H and O–H groups in total. The number of benzene rings is 1. The molecule has 27 heavy (non-hydrogen) atoms. The Hall–Kier alpha value is -2.76. The second kappa shape index (κ2) is 6.44. The molecule has 2 aromatic heterocycles. The molecule has 2 fully saturated rings. The van der Waals surface area contributed by atoms with Crippen molar-refractivity contribution in [3.05, 3.63) is 47.5 Å². The van der Waals surface area contributed by atoms with Gasteiger partial charge < -0.3 is 14.5 Å². The summed E-state index contributed by atoms with van der Waals surface area (Å²) in [5.74, 6) is 2.03. The van der Waals surface area contributed by atoms with Gasteiger partial charge in [-0.05, 0) is 43.9 Å². The van der Waals surface area contributed by atoms with Crippen LogP contribution in [0.25, 0.3) is 11.0 Å². The van der Waals surface area contributed by atoms with E-state index < -0.39 is 0 Å². The molecule has 5 rings (SSSR count). The maximum atomic E-state index is 12.5. The number of para-hydroxylation sites is 1. The lowest BCUT2D eigenvalue weighted by molar-refractivity contribution is 0.0926. The van der Waals surface area contributed by atoms with E-state index in [0.29, 0.717) is 42.0 Å². The van der Waals surface area contributed by atoms with E-state index in [4.69, 9.17) is 14.3 Å². The number of rotatable bonds is 7. The van der Waals surface area contributed by atoms with Gasteiger partial charge in [0.25, 0.3) is 5.91 Å². The number of carbonyl (C=O) groups excluding carboxylic acids is 1. The number of aromatic nitrogens is 2. The molecule has 3 aromatic rings. The zero-order chi connectivity index (χ0) is 18.4. The highest BCUT2D eigenvalue weighted by Crippen LogP contribution is 2.44. The lowest BCUT2D eigenvalue weighted by Crippen LogP contribution is -2.27. The van der Waals surface area contributed by atoms with Gasteiger partial charge in [-0.15, -0.1) is 0 Å². The molecular formula is C21H23N3O3. The highest BCUT2D eigenvalue weighted by Gasteiger charge is 2.32. The van der Waals surface area contributed by atoms with Crippen LogP contribution in [0.5, 0.6) is 5.75 Å². The summed E-state index contributed by atoms with van der Waals surface area (Å²) in [6, 6.07) is 9.64. The fraction of sp³-hybridized carbons (Fsp3) is 0.429. The summed E-state index contributed by atoms with van der Waals surface area (Å²) >= 11 is 0. The molecule has 0 unspecified atom stereocenters. The maximum Gasteiger partial charge on any atom is 0.287 e. The van der Waals surface area contributed by atoms with Crippen LogP contribution in [0.4, 0.5) is 0 Å². The molecule has 6 nitrogen and oxygen atoms in total. The zero-order valence-corrected chi connectivity index (χ0v) is 15.4. The van der Waals surface area contributed by atoms with Crippen molar-refractivity contribution in [2.24, 2.45) is 0 Å². The number of ether oxygens (including phenoxy) is 1. The van der Waals surface area contributed by atoms with Crippen LogP contribution in [-0.2, 0) is 6.54 Å². The lowest BCUT2D eigenvalue weighted by atomic mass is 10.2. The van der Waals surface area contributed by atoms with Crippen molar-refractivity contribution in [3.63, 3.8) is 0 Å². The van der Waals surface area contributed by atoms with Gasteiger partial charge in [-0.3, -0.25) is 9.48 Å². The van der Waals surface area contributed by atoms with Crippen molar-refractivity contribution >= 4 is 16.9 Å². The highest BCUT2D eigenvalue weighted by atomic mass is 16.5. The first kappa shape index (κ1) is 16.4. The lowest BCUT2D eigenvalue weighted by Gasteiger charge is -2.07. The van der Waals surface area contributed by atoms with Crippen molar-refractivity contribution in [3.8, 4) is 5.75 Å². The molecule has 140 valence electrons. The number of hydrogen-bond acceptors (Lipinski definition) is 4. The van der Waals surface area contributed by atoms with E-state index in [-0.39, 0.29) is 5.91 Å². The van der Waals surface area contributed by atoms with Gasteiger partial charge in [0.15, 0.2) is 17.1 Å². The average Bonchev–Trinajstić information content (AvgIpc) is 3.61. The first-order valence-electron chi connectivity index (χ1n) is 9.65. The van der Waals surface area contributed by atoms with Gasteiger partial charge in [0, 0.05) is 29.5 Å². The van der Waals surface area contributed by atoms with Gasteiger partial charge in [0.05, 0.1) is 19.3 Å². The van der Waals surface area contributed by atoms with Crippen LogP contribution in [0.3, 0.4) is 0 Å². The Balaban J connectivity index is 1.26. The normalized spacial score (nSPS) is 16.6. The van der Waals surface area contributed by atoms with Crippen molar-refractivity contribution in [2.75, 3.05) is 13.7 Å². The number of fused-ring (bicyclic) bond motifs is 1. The Morgan fingerprint density at radius 1 is 1.26 bits per heavy atom. The summed E-state index contributed by atoms with van der Waals surface area (Å²) in [6.07, 6.45) is 5.02. The van der Waals surface area contributed by atoms with Crippen molar-refractivity contribution < 1.29 is 13.9 Å². The summed E-state index contributed by atoms with van der Waals surface area (Å²) in [5.41, 5.74) is 3.16. The van der Waals surface area contributed by atoms with Gasteiger partial charge in [0.1, 0.15) is 0 Å². The summed E-state index contributed by atoms with van der Waals surface area (Å²) < 4.78 is 13.1. The smallest absolute Gasteiger partial charge is 0.287 e. The molecule has 0 bridgehead atoms. The van der Waals surface area contributed by atoms with E-state index >= 15 is 0 Å². The largest absolute Gasteiger partial charge is 0.493 e. The van der Waals surface area contributed by atoms with Gasteiger partial charge in [0.2, 0.25) is 0 Å². The minimum absolute atomic E-state index is 0.212. The van der Waals surface area contributed by atoms with Crippen molar-refractivity contribution in [2.45, 2.75) is 44.1 Å². The van der Waals surface area contributed by atoms with E-state index in [0.717, 1.165) is 5.39 Å². The fourth-order valence-corrected chi connectivity index (χ4v) is 3.59. The van der Waals surface area contributed by atoms with Gasteiger partial charge in [-0.2, -0.15) is 5.10 Å². The molecule has 2 saturated carbocycles. The minimum Gasteiger partial charge on any atom is -0.493 e. The molecule has 0 saturated heterocycles. The molecule has 1 amide bonds. The maximum absolute atomic E-state index is 12.5. The van der Waals surface area contributed by atoms with Crippen LogP contribution in [0.15, 0.2) is 34.7 Å². The number of methoxy groups -OCH3 is 1. The second-order valence-corrected chi connectivity index (χ2v) is 7.51. The van der Waals surface area contributed by atoms with Crippen LogP contribution in [0.2, 0.25) is 0 Å². The quantitative estimate of drug-likeness (QED) is 0.691. The molecule has 0 atom stereocenters. The Labute approximate surface area is 157 Å². The number of nitrogens with one attached hydrogen (secondary N) is 1. The SMILES string of the molecule is COc1cccc2cc(C(=O)NCCn3nc(C4CC4)cc3C3CC3)oc12. The van der Waals surface area contributed by atoms with Crippen LogP contribution in [0, 0.1) is 0 Å². The molecule has 2 heterocycles. The molecule has 0 aliphatic heterocycles. The number of nitrogens with zero attached hydrogens (tertiary/aromatic N) is 2. The molecule has 2 aliphatic rings. The van der Waals surface area contributed by atoms with E-state index in [1.165, 1.54) is 37.1 Å². The predicted molar refractivity (Wildman–Crippen MR) is 101 cm³/mol. The fourth-order valence-electron chi connectivity index (χ4n) is 3.59. The molecule has 6 heteroatoms. The summed E-state index contributed by atoms with van der Waals surface area (Å²) in [4.78, 5) is 12.5. The Morgan fingerprint density at radius 2 is 2.07 bits per heavy atom. The van der Waals surface area contributed by atoms with Crippen molar-refractivity contribution in [1.29, 1.82) is 0 Å². The van der Waals surface area contributed by atoms with E-state index in [9.17, 15) is 4.79 Å². The predicted octanol–water partition coefficient (Wildman–Crippen LogP) is 3.82. The summed E-state index contributed by atoms with van der Waals surface area (Å²) in [5, 5.41) is 8.60. The van der Waals surface area contributed by atoms with Crippen LogP contribution >= 0.6 is 0 Å². The Morgan fingerprint density at radius 3 is 2.81 bits per heavy atom. The third-order valence-corrected chi connectivity index (χ3v) is 5.38. The highest BCUT2D eigenvalue weighted by molar-refractivity contribution is 5.97. The monoisotopic (exact) mass is 365 g/mol. The first-order valence-corrected chi connectivity index (χ1v) is 9.65. The minimum atomic E-state index is -0.212. The first-order chi connectivity index (χ1) is 13.2. The topological polar surface area (TPSA) is 69.3 Å². The van der Waals surface area contributed by atoms with Crippen molar-refractivity contribution in [1.82, 2.24) is 15.1 Å². The van der Waals surface area contributed by atoms with E-state index in [2.05, 4.69) is 16.1 Å². The standard InChI is InChI=1S/C21H23N3O3/c1-26-18-4-2-3-15-11-19(27-20(15)18)21(25)22-9-10-24-17(14-7-8-14)12-16(23-24)13-5-6-13/h2-4,11-14H,5-10H2,1H3,(H,22,25). The third kappa shape index (κ3) is 3.20. The molecular weight excluding hydrogens is 342 g/mol. The Bertz CT molecular complexity index is 995. The molecule has 2 aliphatic carbocycles. The number of amides is 1. The van der Waals surface area contributed by atoms with Gasteiger partial charge >= 0.3 is 0 Å². The third-order valence-electron chi connectivity index (χ3n) is 5.38. The van der Waals surface area contributed by atoms with E-state index in [1.54, 1.807) is 13.2 Å². The second-order valence-electron chi connectivity index (χ2n) is 7.51. The molecule has 0 radical (unpaired) electrons. The van der Waals surface area contributed by atoms with Crippen LogP contribution in [-0.4, -0.2) is 29.3 Å². The summed E-state index contributed by atoms with van der Waals surface area (Å²) in [7, 11) is 1.59.